The second kappa shape index (κ2) is 8.58. The van der Waals surface area contributed by atoms with Crippen LogP contribution in [0.25, 0.3) is 10.8 Å². The highest BCUT2D eigenvalue weighted by molar-refractivity contribution is 9.11. The monoisotopic (exact) mass is 510 g/mol. The quantitative estimate of drug-likeness (QED) is 0.557. The third-order valence-electron chi connectivity index (χ3n) is 4.85. The van der Waals surface area contributed by atoms with E-state index in [4.69, 9.17) is 4.42 Å². The number of benzene rings is 1. The van der Waals surface area contributed by atoms with E-state index in [0.717, 1.165) is 14.2 Å². The van der Waals surface area contributed by atoms with Gasteiger partial charge in [0.15, 0.2) is 0 Å². The summed E-state index contributed by atoms with van der Waals surface area (Å²) in [5.74, 6) is -0.514. The molecule has 4 rings (SSSR count). The number of piperidine rings is 1. The summed E-state index contributed by atoms with van der Waals surface area (Å²) < 4.78 is 33.7. The molecule has 158 valence electrons. The van der Waals surface area contributed by atoms with Crippen LogP contribution in [-0.4, -0.2) is 41.9 Å². The lowest BCUT2D eigenvalue weighted by Crippen LogP contribution is -2.43. The van der Waals surface area contributed by atoms with Gasteiger partial charge in [0.25, 0.3) is 5.89 Å². The van der Waals surface area contributed by atoms with E-state index in [1.807, 2.05) is 19.1 Å². The van der Waals surface area contributed by atoms with Crippen molar-refractivity contribution in [1.82, 2.24) is 14.5 Å². The van der Waals surface area contributed by atoms with Gasteiger partial charge in [0.05, 0.1) is 19.5 Å². The van der Waals surface area contributed by atoms with Crippen molar-refractivity contribution in [1.29, 1.82) is 0 Å². The molecule has 1 atom stereocenters. The van der Waals surface area contributed by atoms with Crippen molar-refractivity contribution in [2.45, 2.75) is 24.7 Å². The molecule has 1 saturated heterocycles. The van der Waals surface area contributed by atoms with Gasteiger partial charge in [-0.2, -0.15) is 4.31 Å². The molecule has 1 amide bonds. The van der Waals surface area contributed by atoms with Gasteiger partial charge in [-0.05, 0) is 60.0 Å². The molecule has 0 saturated carbocycles. The van der Waals surface area contributed by atoms with E-state index in [1.165, 1.54) is 15.6 Å². The normalized spacial score (nSPS) is 17.7. The van der Waals surface area contributed by atoms with Gasteiger partial charge < -0.3 is 4.42 Å². The Morgan fingerprint density at radius 2 is 2.00 bits per heavy atom. The third kappa shape index (κ3) is 4.48. The molecule has 11 heteroatoms. The number of nitrogens with one attached hydrogen (secondary N) is 1. The number of rotatable bonds is 5. The van der Waals surface area contributed by atoms with E-state index in [9.17, 15) is 13.2 Å². The summed E-state index contributed by atoms with van der Waals surface area (Å²) in [6.07, 6.45) is 1.19. The summed E-state index contributed by atoms with van der Waals surface area (Å²) >= 11 is 4.81. The Kier molecular flexibility index (Phi) is 6.05. The molecule has 1 unspecified atom stereocenters. The van der Waals surface area contributed by atoms with Gasteiger partial charge in [-0.25, -0.2) is 8.42 Å². The second-order valence-corrected chi connectivity index (χ2v) is 11.4. The minimum absolute atomic E-state index is 0.00182. The molecule has 1 aliphatic heterocycles. The van der Waals surface area contributed by atoms with E-state index >= 15 is 0 Å². The minimum Gasteiger partial charge on any atom is -0.402 e. The van der Waals surface area contributed by atoms with Gasteiger partial charge in [0, 0.05) is 13.1 Å². The number of carbonyl (C=O) groups excluding carboxylic acids is 1. The molecular weight excluding hydrogens is 492 g/mol. The molecule has 0 radical (unpaired) electrons. The van der Waals surface area contributed by atoms with Crippen molar-refractivity contribution in [3.05, 3.63) is 45.7 Å². The molecule has 0 aliphatic carbocycles. The van der Waals surface area contributed by atoms with E-state index in [2.05, 4.69) is 31.4 Å². The van der Waals surface area contributed by atoms with Crippen LogP contribution in [0, 0.1) is 12.8 Å². The van der Waals surface area contributed by atoms with Crippen molar-refractivity contribution < 1.29 is 17.6 Å². The molecule has 2 aromatic heterocycles. The topological polar surface area (TPSA) is 105 Å². The fourth-order valence-electron chi connectivity index (χ4n) is 3.24. The Labute approximate surface area is 186 Å². The number of halogens is 1. The van der Waals surface area contributed by atoms with Crippen molar-refractivity contribution >= 4 is 49.2 Å². The molecule has 8 nitrogen and oxygen atoms in total. The van der Waals surface area contributed by atoms with Crippen LogP contribution in [0.15, 0.2) is 49.5 Å². The number of hydrogen-bond donors (Lipinski definition) is 1. The highest BCUT2D eigenvalue weighted by Gasteiger charge is 2.33. The van der Waals surface area contributed by atoms with Crippen molar-refractivity contribution in [2.24, 2.45) is 5.92 Å². The maximum absolute atomic E-state index is 12.9. The summed E-state index contributed by atoms with van der Waals surface area (Å²) in [6, 6.07) is 10.4. The molecule has 3 heterocycles. The summed E-state index contributed by atoms with van der Waals surface area (Å²) in [7, 11) is -3.65. The molecule has 3 aromatic rings. The lowest BCUT2D eigenvalue weighted by atomic mass is 9.99. The van der Waals surface area contributed by atoms with Gasteiger partial charge in [0.1, 0.15) is 0 Å². The summed E-state index contributed by atoms with van der Waals surface area (Å²) in [5.41, 5.74) is 0.985. The highest BCUT2D eigenvalue weighted by Crippen LogP contribution is 2.31. The fraction of sp³-hybridized carbons (Fsp3) is 0.316. The zero-order chi connectivity index (χ0) is 21.3. The molecular formula is C19H19BrN4O4S2. The molecule has 0 bridgehead atoms. The molecule has 1 aliphatic rings. The van der Waals surface area contributed by atoms with Crippen LogP contribution in [0.2, 0.25) is 0 Å². The van der Waals surface area contributed by atoms with Crippen LogP contribution >= 0.6 is 27.3 Å². The zero-order valence-electron chi connectivity index (χ0n) is 16.0. The Hall–Kier alpha value is -2.08. The summed E-state index contributed by atoms with van der Waals surface area (Å²) in [4.78, 5) is 13.7. The standard InChI is InChI=1S/C19H19BrN4O4S2/c1-12-4-6-14(7-5-12)30(26,27)24-10-2-3-13(11-24)17(25)21-19-23-22-18(28-19)15-8-9-16(20)29-15/h4-9,13H,2-3,10-11H2,1H3,(H,21,23,25). The maximum atomic E-state index is 12.9. The number of carbonyl (C=O) groups is 1. The number of hydrogen-bond acceptors (Lipinski definition) is 7. The first-order valence-corrected chi connectivity index (χ1v) is 12.3. The number of aromatic nitrogens is 2. The van der Waals surface area contributed by atoms with Crippen LogP contribution in [0.5, 0.6) is 0 Å². The lowest BCUT2D eigenvalue weighted by Gasteiger charge is -2.30. The van der Waals surface area contributed by atoms with Gasteiger partial charge in [-0.1, -0.05) is 22.8 Å². The van der Waals surface area contributed by atoms with Crippen molar-refractivity contribution in [3.8, 4) is 10.8 Å². The Balaban J connectivity index is 1.44. The van der Waals surface area contributed by atoms with Crippen LogP contribution in [0.4, 0.5) is 6.01 Å². The largest absolute Gasteiger partial charge is 0.402 e. The first kappa shape index (κ1) is 21.2. The van der Waals surface area contributed by atoms with E-state index in [-0.39, 0.29) is 23.4 Å². The Morgan fingerprint density at radius 3 is 2.70 bits per heavy atom. The molecule has 1 fully saturated rings. The smallest absolute Gasteiger partial charge is 0.322 e. The first-order valence-electron chi connectivity index (χ1n) is 9.30. The molecule has 1 N–H and O–H groups in total. The van der Waals surface area contributed by atoms with E-state index in [0.29, 0.717) is 25.3 Å². The Bertz CT molecular complexity index is 1160. The number of nitrogens with zero attached hydrogens (tertiary/aromatic N) is 3. The number of aryl methyl sites for hydroxylation is 1. The average molecular weight is 511 g/mol. The predicted molar refractivity (Wildman–Crippen MR) is 117 cm³/mol. The summed E-state index contributed by atoms with van der Waals surface area (Å²) in [5, 5.41) is 10.4. The number of thiophene rings is 1. The third-order valence-corrected chi connectivity index (χ3v) is 8.34. The number of sulfonamides is 1. The Morgan fingerprint density at radius 1 is 1.23 bits per heavy atom. The van der Waals surface area contributed by atoms with Crippen LogP contribution in [-0.2, 0) is 14.8 Å². The van der Waals surface area contributed by atoms with Gasteiger partial charge in [0.2, 0.25) is 15.9 Å². The van der Waals surface area contributed by atoms with Crippen LogP contribution in [0.3, 0.4) is 0 Å². The van der Waals surface area contributed by atoms with Crippen molar-refractivity contribution in [2.75, 3.05) is 18.4 Å². The van der Waals surface area contributed by atoms with Gasteiger partial charge in [-0.3, -0.25) is 10.1 Å². The molecule has 0 spiro atoms. The number of amides is 1. The average Bonchev–Trinajstić information content (AvgIpc) is 3.37. The summed E-state index contributed by atoms with van der Waals surface area (Å²) in [6.45, 7) is 2.40. The van der Waals surface area contributed by atoms with E-state index in [1.54, 1.807) is 24.3 Å². The van der Waals surface area contributed by atoms with E-state index < -0.39 is 15.9 Å². The van der Waals surface area contributed by atoms with Crippen LogP contribution < -0.4 is 5.32 Å². The maximum Gasteiger partial charge on any atom is 0.322 e. The highest BCUT2D eigenvalue weighted by atomic mass is 79.9. The lowest BCUT2D eigenvalue weighted by molar-refractivity contribution is -0.121. The van der Waals surface area contributed by atoms with Crippen LogP contribution in [0.1, 0.15) is 18.4 Å². The predicted octanol–water partition coefficient (Wildman–Crippen LogP) is 3.91. The fourth-order valence-corrected chi connectivity index (χ4v) is 6.08. The zero-order valence-corrected chi connectivity index (χ0v) is 19.3. The van der Waals surface area contributed by atoms with Gasteiger partial charge >= 0.3 is 6.01 Å². The van der Waals surface area contributed by atoms with Gasteiger partial charge in [-0.15, -0.1) is 16.4 Å². The molecule has 30 heavy (non-hydrogen) atoms. The number of anilines is 1. The second-order valence-electron chi connectivity index (χ2n) is 7.02. The minimum atomic E-state index is -3.65. The first-order chi connectivity index (χ1) is 14.3. The van der Waals surface area contributed by atoms with Crippen molar-refractivity contribution in [3.63, 3.8) is 0 Å². The molecule has 1 aromatic carbocycles. The SMILES string of the molecule is Cc1ccc(S(=O)(=O)N2CCCC(C(=O)Nc3nnc(-c4ccc(Br)s4)o3)C2)cc1.